The Morgan fingerprint density at radius 1 is 1.11 bits per heavy atom. The minimum atomic E-state index is -0.262. The minimum Gasteiger partial charge on any atom is -0.486 e. The number of hydrogen-bond acceptors (Lipinski definition) is 3. The zero-order valence-electron chi connectivity index (χ0n) is 16.2. The van der Waals surface area contributed by atoms with Crippen LogP contribution in [-0.4, -0.2) is 32.5 Å². The molecular formula is C23H23N3O2. The molecule has 5 heteroatoms. The maximum atomic E-state index is 13.3. The number of benzene rings is 2. The molecule has 1 amide bonds. The van der Waals surface area contributed by atoms with Gasteiger partial charge in [0.25, 0.3) is 5.91 Å². The summed E-state index contributed by atoms with van der Waals surface area (Å²) in [6, 6.07) is 16.1. The van der Waals surface area contributed by atoms with E-state index in [1.54, 1.807) is 0 Å². The molecule has 0 unspecified atom stereocenters. The van der Waals surface area contributed by atoms with Gasteiger partial charge in [-0.1, -0.05) is 30.3 Å². The Hall–Kier alpha value is -3.08. The molecule has 2 aromatic carbocycles. The van der Waals surface area contributed by atoms with Gasteiger partial charge in [-0.2, -0.15) is 0 Å². The SMILES string of the molecule is CC1(C)Cc2cccc(C(=O)N3CCc4c(ncn4-c4ccccc4)C3)c2O1. The summed E-state index contributed by atoms with van der Waals surface area (Å²) in [5, 5.41) is 0. The van der Waals surface area contributed by atoms with E-state index in [2.05, 4.69) is 41.6 Å². The van der Waals surface area contributed by atoms with Gasteiger partial charge in [0.2, 0.25) is 0 Å². The van der Waals surface area contributed by atoms with E-state index in [4.69, 9.17) is 4.74 Å². The second-order valence-electron chi connectivity index (χ2n) is 8.15. The van der Waals surface area contributed by atoms with E-state index < -0.39 is 0 Å². The zero-order valence-corrected chi connectivity index (χ0v) is 16.2. The summed E-state index contributed by atoms with van der Waals surface area (Å²) in [5.74, 6) is 0.771. The third kappa shape index (κ3) is 2.78. The normalized spacial score (nSPS) is 17.0. The van der Waals surface area contributed by atoms with E-state index >= 15 is 0 Å². The standard InChI is InChI=1S/C23H23N3O2/c1-23(2)13-16-7-6-10-18(21(16)28-23)22(27)25-12-11-20-19(14-25)24-15-26(20)17-8-4-3-5-9-17/h3-10,15H,11-14H2,1-2H3. The molecule has 0 atom stereocenters. The van der Waals surface area contributed by atoms with Crippen LogP contribution in [0.2, 0.25) is 0 Å². The van der Waals surface area contributed by atoms with E-state index in [0.29, 0.717) is 18.7 Å². The topological polar surface area (TPSA) is 47.4 Å². The lowest BCUT2D eigenvalue weighted by molar-refractivity contribution is 0.0720. The highest BCUT2D eigenvalue weighted by atomic mass is 16.5. The average Bonchev–Trinajstić information content (AvgIpc) is 3.26. The summed E-state index contributed by atoms with van der Waals surface area (Å²) in [4.78, 5) is 19.7. The highest BCUT2D eigenvalue weighted by molar-refractivity contribution is 5.97. The average molecular weight is 373 g/mol. The number of hydrogen-bond donors (Lipinski definition) is 0. The second-order valence-corrected chi connectivity index (χ2v) is 8.15. The van der Waals surface area contributed by atoms with Crippen LogP contribution < -0.4 is 4.74 Å². The summed E-state index contributed by atoms with van der Waals surface area (Å²) >= 11 is 0. The van der Waals surface area contributed by atoms with Crippen molar-refractivity contribution in [3.05, 3.63) is 77.4 Å². The number of imidazole rings is 1. The van der Waals surface area contributed by atoms with Crippen molar-refractivity contribution in [1.82, 2.24) is 14.5 Å². The van der Waals surface area contributed by atoms with Crippen LogP contribution in [0.1, 0.15) is 41.2 Å². The van der Waals surface area contributed by atoms with E-state index in [0.717, 1.165) is 35.5 Å². The first-order valence-corrected chi connectivity index (χ1v) is 9.72. The molecule has 0 radical (unpaired) electrons. The molecule has 1 aromatic heterocycles. The molecule has 142 valence electrons. The van der Waals surface area contributed by atoms with Gasteiger partial charge in [0, 0.05) is 30.8 Å². The lowest BCUT2D eigenvalue weighted by atomic mass is 10.00. The monoisotopic (exact) mass is 373 g/mol. The quantitative estimate of drug-likeness (QED) is 0.687. The molecule has 0 fully saturated rings. The third-order valence-corrected chi connectivity index (χ3v) is 5.56. The summed E-state index contributed by atoms with van der Waals surface area (Å²) in [5.41, 5.74) is 4.77. The molecule has 5 nitrogen and oxygen atoms in total. The molecule has 2 aliphatic rings. The number of para-hydroxylation sites is 2. The maximum absolute atomic E-state index is 13.3. The number of carbonyl (C=O) groups excluding carboxylic acids is 1. The van der Waals surface area contributed by atoms with Crippen LogP contribution >= 0.6 is 0 Å². The second kappa shape index (κ2) is 6.23. The van der Waals surface area contributed by atoms with Crippen LogP contribution in [0.5, 0.6) is 5.75 Å². The Morgan fingerprint density at radius 3 is 2.75 bits per heavy atom. The minimum absolute atomic E-state index is 0.0226. The van der Waals surface area contributed by atoms with Crippen LogP contribution in [0.3, 0.4) is 0 Å². The molecule has 3 aromatic rings. The van der Waals surface area contributed by atoms with Gasteiger partial charge in [-0.15, -0.1) is 0 Å². The van der Waals surface area contributed by atoms with Crippen molar-refractivity contribution in [2.24, 2.45) is 0 Å². The number of ether oxygens (including phenoxy) is 1. The van der Waals surface area contributed by atoms with E-state index in [9.17, 15) is 4.79 Å². The predicted octanol–water partition coefficient (Wildman–Crippen LogP) is 3.78. The van der Waals surface area contributed by atoms with Gasteiger partial charge in [0.15, 0.2) is 0 Å². The largest absolute Gasteiger partial charge is 0.486 e. The molecule has 28 heavy (non-hydrogen) atoms. The Kier molecular flexibility index (Phi) is 3.79. The van der Waals surface area contributed by atoms with Crippen molar-refractivity contribution in [2.45, 2.75) is 38.8 Å². The van der Waals surface area contributed by atoms with Crippen LogP contribution in [0.15, 0.2) is 54.9 Å². The van der Waals surface area contributed by atoms with Gasteiger partial charge in [-0.05, 0) is 37.6 Å². The van der Waals surface area contributed by atoms with Crippen molar-refractivity contribution >= 4 is 5.91 Å². The van der Waals surface area contributed by atoms with Crippen LogP contribution in [0.25, 0.3) is 5.69 Å². The fraction of sp³-hybridized carbons (Fsp3) is 0.304. The summed E-state index contributed by atoms with van der Waals surface area (Å²) < 4.78 is 8.23. The highest BCUT2D eigenvalue weighted by Gasteiger charge is 2.35. The number of fused-ring (bicyclic) bond motifs is 2. The molecule has 0 spiro atoms. The van der Waals surface area contributed by atoms with E-state index in [-0.39, 0.29) is 11.5 Å². The van der Waals surface area contributed by atoms with Gasteiger partial charge in [0.1, 0.15) is 11.4 Å². The van der Waals surface area contributed by atoms with Gasteiger partial charge < -0.3 is 14.2 Å². The molecule has 5 rings (SSSR count). The van der Waals surface area contributed by atoms with E-state index in [1.165, 1.54) is 5.69 Å². The molecule has 0 N–H and O–H groups in total. The van der Waals surface area contributed by atoms with Crippen molar-refractivity contribution in [3.8, 4) is 11.4 Å². The first-order valence-electron chi connectivity index (χ1n) is 9.72. The van der Waals surface area contributed by atoms with Gasteiger partial charge in [-0.25, -0.2) is 4.98 Å². The lowest BCUT2D eigenvalue weighted by Gasteiger charge is -2.28. The predicted molar refractivity (Wildman–Crippen MR) is 107 cm³/mol. The van der Waals surface area contributed by atoms with Crippen molar-refractivity contribution in [2.75, 3.05) is 6.54 Å². The van der Waals surface area contributed by atoms with Crippen LogP contribution in [-0.2, 0) is 19.4 Å². The van der Waals surface area contributed by atoms with Gasteiger partial charge in [-0.3, -0.25) is 4.79 Å². The summed E-state index contributed by atoms with van der Waals surface area (Å²) in [6.07, 6.45) is 3.48. The maximum Gasteiger partial charge on any atom is 0.257 e. The number of aromatic nitrogens is 2. The summed E-state index contributed by atoms with van der Waals surface area (Å²) in [6.45, 7) is 5.33. The molecule has 2 aliphatic heterocycles. The van der Waals surface area contributed by atoms with Gasteiger partial charge >= 0.3 is 0 Å². The Balaban J connectivity index is 1.42. The first-order chi connectivity index (χ1) is 13.5. The van der Waals surface area contributed by atoms with Crippen molar-refractivity contribution < 1.29 is 9.53 Å². The zero-order chi connectivity index (χ0) is 19.3. The molecule has 3 heterocycles. The molecular weight excluding hydrogens is 350 g/mol. The first kappa shape index (κ1) is 17.0. The number of rotatable bonds is 2. The molecule has 0 saturated heterocycles. The smallest absolute Gasteiger partial charge is 0.257 e. The molecule has 0 bridgehead atoms. The van der Waals surface area contributed by atoms with Crippen LogP contribution in [0, 0.1) is 0 Å². The van der Waals surface area contributed by atoms with Gasteiger partial charge in [0.05, 0.1) is 24.1 Å². The number of carbonyl (C=O) groups is 1. The number of amides is 1. The molecule has 0 aliphatic carbocycles. The van der Waals surface area contributed by atoms with E-state index in [1.807, 2.05) is 41.6 Å². The fourth-order valence-electron chi connectivity index (χ4n) is 4.25. The highest BCUT2D eigenvalue weighted by Crippen LogP contribution is 2.38. The summed E-state index contributed by atoms with van der Waals surface area (Å²) in [7, 11) is 0. The Labute approximate surface area is 164 Å². The van der Waals surface area contributed by atoms with Crippen molar-refractivity contribution in [1.29, 1.82) is 0 Å². The Morgan fingerprint density at radius 2 is 1.93 bits per heavy atom. The molecule has 0 saturated carbocycles. The number of nitrogens with zero attached hydrogens (tertiary/aromatic N) is 3. The fourth-order valence-corrected chi connectivity index (χ4v) is 4.25. The third-order valence-electron chi connectivity index (χ3n) is 5.56. The Bertz CT molecular complexity index is 1050. The van der Waals surface area contributed by atoms with Crippen molar-refractivity contribution in [3.63, 3.8) is 0 Å². The lowest BCUT2D eigenvalue weighted by Crippen LogP contribution is -2.36. The van der Waals surface area contributed by atoms with Crippen LogP contribution in [0.4, 0.5) is 0 Å².